The number of benzene rings is 1. The Bertz CT molecular complexity index is 725. The van der Waals surface area contributed by atoms with E-state index in [2.05, 4.69) is 10.3 Å². The maximum Gasteiger partial charge on any atom is 0.331 e. The smallest absolute Gasteiger partial charge is 0.331 e. The average molecular weight is 330 g/mol. The van der Waals surface area contributed by atoms with Crippen LogP contribution in [0.4, 0.5) is 14.9 Å². The molecule has 3 heterocycles. The third-order valence-corrected chi connectivity index (χ3v) is 4.43. The number of hydrogen-bond acceptors (Lipinski definition) is 5. The zero-order valence-corrected chi connectivity index (χ0v) is 13.4. The van der Waals surface area contributed by atoms with Crippen LogP contribution in [0.2, 0.25) is 0 Å². The number of amides is 2. The molecule has 0 saturated carbocycles. The first-order valence-corrected chi connectivity index (χ1v) is 7.95. The number of anilines is 1. The predicted octanol–water partition coefficient (Wildman–Crippen LogP) is 1.03. The van der Waals surface area contributed by atoms with Crippen molar-refractivity contribution in [3.05, 3.63) is 42.1 Å². The number of nitrogens with one attached hydrogen (secondary N) is 1. The van der Waals surface area contributed by atoms with E-state index in [1.807, 2.05) is 34.0 Å². The summed E-state index contributed by atoms with van der Waals surface area (Å²) in [5.41, 5.74) is 0.623. The van der Waals surface area contributed by atoms with Crippen LogP contribution in [0.5, 0.6) is 0 Å². The van der Waals surface area contributed by atoms with E-state index in [9.17, 15) is 9.18 Å². The summed E-state index contributed by atoms with van der Waals surface area (Å²) < 4.78 is 13.9. The number of halogens is 1. The van der Waals surface area contributed by atoms with Crippen LogP contribution in [0.15, 0.2) is 41.3 Å². The van der Waals surface area contributed by atoms with Gasteiger partial charge in [-0.3, -0.25) is 10.2 Å². The standard InChI is InChI=1S/C16H19FN6O/c1-20-10-14-18-15(19-16(24)23(14)11-20)22-8-6-21(7-9-22)13-5-3-2-4-12(13)17/h2-5,10H,6-9,11H2,1H3,(H,18,19,24). The van der Waals surface area contributed by atoms with Gasteiger partial charge in [-0.2, -0.15) is 4.99 Å². The molecule has 1 N–H and O–H groups in total. The van der Waals surface area contributed by atoms with Gasteiger partial charge in [-0.05, 0) is 12.1 Å². The van der Waals surface area contributed by atoms with E-state index >= 15 is 0 Å². The molecular weight excluding hydrogens is 311 g/mol. The normalized spacial score (nSPS) is 20.7. The summed E-state index contributed by atoms with van der Waals surface area (Å²) in [6, 6.07) is 6.65. The zero-order valence-electron chi connectivity index (χ0n) is 13.4. The third kappa shape index (κ3) is 2.53. The maximum absolute atomic E-state index is 13.9. The molecule has 1 saturated heterocycles. The molecule has 4 rings (SSSR count). The van der Waals surface area contributed by atoms with Gasteiger partial charge in [-0.1, -0.05) is 12.1 Å². The molecule has 7 nitrogen and oxygen atoms in total. The van der Waals surface area contributed by atoms with Gasteiger partial charge in [0.1, 0.15) is 12.5 Å². The van der Waals surface area contributed by atoms with Gasteiger partial charge in [0.2, 0.25) is 5.96 Å². The average Bonchev–Trinajstić information content (AvgIpc) is 2.96. The second kappa shape index (κ2) is 5.70. The van der Waals surface area contributed by atoms with E-state index in [-0.39, 0.29) is 11.8 Å². The number of guanidine groups is 1. The Hall–Kier alpha value is -2.77. The number of para-hydroxylation sites is 1. The minimum atomic E-state index is -0.205. The molecule has 0 radical (unpaired) electrons. The van der Waals surface area contributed by atoms with Crippen molar-refractivity contribution in [2.75, 3.05) is 44.8 Å². The van der Waals surface area contributed by atoms with Crippen molar-refractivity contribution in [3.8, 4) is 0 Å². The van der Waals surface area contributed by atoms with Crippen molar-refractivity contribution in [1.82, 2.24) is 20.0 Å². The number of piperazine rings is 1. The lowest BCUT2D eigenvalue weighted by molar-refractivity contribution is 0.203. The van der Waals surface area contributed by atoms with Crippen LogP contribution in [-0.4, -0.2) is 66.6 Å². The summed E-state index contributed by atoms with van der Waals surface area (Å²) in [5.74, 6) is 1.03. The molecule has 1 aromatic carbocycles. The van der Waals surface area contributed by atoms with E-state index in [1.165, 1.54) is 6.07 Å². The van der Waals surface area contributed by atoms with Crippen molar-refractivity contribution in [1.29, 1.82) is 0 Å². The Labute approximate surface area is 139 Å². The fourth-order valence-electron chi connectivity index (χ4n) is 3.18. The number of fused-ring (bicyclic) bond motifs is 1. The first kappa shape index (κ1) is 14.8. The van der Waals surface area contributed by atoms with Crippen LogP contribution in [-0.2, 0) is 0 Å². The molecule has 0 spiro atoms. The summed E-state index contributed by atoms with van der Waals surface area (Å²) in [6.07, 6.45) is 1.86. The van der Waals surface area contributed by atoms with Crippen molar-refractivity contribution in [2.24, 2.45) is 4.99 Å². The van der Waals surface area contributed by atoms with Gasteiger partial charge >= 0.3 is 6.03 Å². The molecular formula is C16H19FN6O. The van der Waals surface area contributed by atoms with Crippen LogP contribution in [0.3, 0.4) is 0 Å². The number of carbonyl (C=O) groups is 1. The van der Waals surface area contributed by atoms with Crippen LogP contribution in [0.25, 0.3) is 0 Å². The summed E-state index contributed by atoms with van der Waals surface area (Å²) in [6.45, 7) is 3.23. The highest BCUT2D eigenvalue weighted by Crippen LogP contribution is 2.22. The summed E-state index contributed by atoms with van der Waals surface area (Å²) in [5, 5.41) is 2.85. The van der Waals surface area contributed by atoms with Crippen LogP contribution < -0.4 is 10.2 Å². The number of urea groups is 1. The Kier molecular flexibility index (Phi) is 3.51. The monoisotopic (exact) mass is 330 g/mol. The summed E-state index contributed by atoms with van der Waals surface area (Å²) in [4.78, 5) is 24.3. The van der Waals surface area contributed by atoms with Crippen LogP contribution >= 0.6 is 0 Å². The van der Waals surface area contributed by atoms with Gasteiger partial charge in [-0.15, -0.1) is 0 Å². The van der Waals surface area contributed by atoms with E-state index in [0.29, 0.717) is 50.3 Å². The number of carbonyl (C=O) groups excluding carboxylic acids is 1. The van der Waals surface area contributed by atoms with E-state index < -0.39 is 0 Å². The molecule has 8 heteroatoms. The van der Waals surface area contributed by atoms with Crippen molar-refractivity contribution in [2.45, 2.75) is 0 Å². The van der Waals surface area contributed by atoms with E-state index in [4.69, 9.17) is 0 Å². The van der Waals surface area contributed by atoms with Crippen molar-refractivity contribution < 1.29 is 9.18 Å². The molecule has 0 bridgehead atoms. The molecule has 0 aliphatic carbocycles. The SMILES string of the molecule is CN1C=C2N=C(N3CCN(c4ccccc4F)CC3)NC(=O)N2C1. The molecule has 3 aliphatic rings. The number of rotatable bonds is 1. The number of hydrogen-bond donors (Lipinski definition) is 1. The quantitative estimate of drug-likeness (QED) is 0.836. The van der Waals surface area contributed by atoms with Crippen LogP contribution in [0, 0.1) is 5.82 Å². The highest BCUT2D eigenvalue weighted by molar-refractivity contribution is 5.99. The first-order chi connectivity index (χ1) is 11.6. The molecule has 24 heavy (non-hydrogen) atoms. The molecule has 3 aliphatic heterocycles. The topological polar surface area (TPSA) is 54.4 Å². The molecule has 1 fully saturated rings. The molecule has 0 atom stereocenters. The maximum atomic E-state index is 13.9. The number of nitrogens with zero attached hydrogens (tertiary/aromatic N) is 5. The zero-order chi connectivity index (χ0) is 16.7. The second-order valence-corrected chi connectivity index (χ2v) is 6.10. The Morgan fingerprint density at radius 2 is 1.83 bits per heavy atom. The fourth-order valence-corrected chi connectivity index (χ4v) is 3.18. The van der Waals surface area contributed by atoms with Crippen LogP contribution in [0.1, 0.15) is 0 Å². The summed E-state index contributed by atoms with van der Waals surface area (Å²) in [7, 11) is 1.90. The molecule has 0 unspecified atom stereocenters. The van der Waals surface area contributed by atoms with Gasteiger partial charge in [-0.25, -0.2) is 9.18 Å². The minimum absolute atomic E-state index is 0.160. The molecule has 126 valence electrons. The lowest BCUT2D eigenvalue weighted by atomic mass is 10.2. The molecule has 0 aromatic heterocycles. The van der Waals surface area contributed by atoms with Gasteiger partial charge < -0.3 is 14.7 Å². The third-order valence-electron chi connectivity index (χ3n) is 4.43. The van der Waals surface area contributed by atoms with E-state index in [1.54, 1.807) is 17.0 Å². The first-order valence-electron chi connectivity index (χ1n) is 7.95. The second-order valence-electron chi connectivity index (χ2n) is 6.10. The predicted molar refractivity (Wildman–Crippen MR) is 88.7 cm³/mol. The van der Waals surface area contributed by atoms with E-state index in [0.717, 1.165) is 0 Å². The van der Waals surface area contributed by atoms with Gasteiger partial charge in [0.25, 0.3) is 0 Å². The highest BCUT2D eigenvalue weighted by Gasteiger charge is 2.32. The Morgan fingerprint density at radius 3 is 2.58 bits per heavy atom. The molecule has 2 amide bonds. The fraction of sp³-hybridized carbons (Fsp3) is 0.375. The highest BCUT2D eigenvalue weighted by atomic mass is 19.1. The Morgan fingerprint density at radius 1 is 1.12 bits per heavy atom. The van der Waals surface area contributed by atoms with Gasteiger partial charge in [0, 0.05) is 39.4 Å². The number of aliphatic imine (C=N–C) groups is 1. The lowest BCUT2D eigenvalue weighted by Crippen LogP contribution is -2.57. The Balaban J connectivity index is 1.46. The largest absolute Gasteiger partial charge is 0.366 e. The van der Waals surface area contributed by atoms with Gasteiger partial charge in [0.15, 0.2) is 5.82 Å². The molecule has 1 aromatic rings. The van der Waals surface area contributed by atoms with Gasteiger partial charge in [0.05, 0.1) is 5.69 Å². The minimum Gasteiger partial charge on any atom is -0.366 e. The lowest BCUT2D eigenvalue weighted by Gasteiger charge is -2.39. The van der Waals surface area contributed by atoms with Crippen molar-refractivity contribution in [3.63, 3.8) is 0 Å². The summed E-state index contributed by atoms with van der Waals surface area (Å²) >= 11 is 0. The van der Waals surface area contributed by atoms with Crippen molar-refractivity contribution >= 4 is 17.7 Å².